The van der Waals surface area contributed by atoms with E-state index >= 15 is 0 Å². The van der Waals surface area contributed by atoms with Gasteiger partial charge in [0.15, 0.2) is 5.76 Å². The van der Waals surface area contributed by atoms with Gasteiger partial charge >= 0.3 is 0 Å². The summed E-state index contributed by atoms with van der Waals surface area (Å²) in [6.45, 7) is 1.81. The topological polar surface area (TPSA) is 42.2 Å². The smallest absolute Gasteiger partial charge is 0.291 e. The number of hydrogen-bond donors (Lipinski definition) is 1. The number of benzene rings is 1. The van der Waals surface area contributed by atoms with Crippen molar-refractivity contribution >= 4 is 23.4 Å². The van der Waals surface area contributed by atoms with Gasteiger partial charge in [-0.3, -0.25) is 4.79 Å². The zero-order valence-corrected chi connectivity index (χ0v) is 10.5. The summed E-state index contributed by atoms with van der Waals surface area (Å²) in [4.78, 5) is 12.9. The number of rotatable bonds is 3. The predicted octanol–water partition coefficient (Wildman–Crippen LogP) is 3.56. The van der Waals surface area contributed by atoms with Crippen molar-refractivity contribution in [3.8, 4) is 0 Å². The Hall–Kier alpha value is -1.68. The highest BCUT2D eigenvalue weighted by Gasteiger charge is 2.09. The fourth-order valence-corrected chi connectivity index (χ4v) is 1.91. The van der Waals surface area contributed by atoms with Crippen LogP contribution in [0.3, 0.4) is 0 Å². The van der Waals surface area contributed by atoms with Gasteiger partial charge in [-0.05, 0) is 43.5 Å². The van der Waals surface area contributed by atoms with E-state index in [4.69, 9.17) is 4.42 Å². The molecule has 1 aromatic carbocycles. The van der Waals surface area contributed by atoms with E-state index in [-0.39, 0.29) is 5.91 Å². The molecule has 4 heteroatoms. The highest BCUT2D eigenvalue weighted by atomic mass is 32.2. The minimum absolute atomic E-state index is 0.226. The molecule has 0 unspecified atom stereocenters. The van der Waals surface area contributed by atoms with Crippen molar-refractivity contribution in [2.24, 2.45) is 0 Å². The van der Waals surface area contributed by atoms with Crippen LogP contribution in [0.1, 0.15) is 16.3 Å². The van der Waals surface area contributed by atoms with E-state index in [1.807, 2.05) is 37.4 Å². The molecule has 0 aliphatic carbocycles. The monoisotopic (exact) mass is 247 g/mol. The van der Waals surface area contributed by atoms with Gasteiger partial charge < -0.3 is 9.73 Å². The molecule has 0 saturated carbocycles. The molecule has 2 aromatic rings. The standard InChI is InChI=1S/C13H13NO2S/c1-9-6-7-12(16-9)13(15)14-10-4-3-5-11(8-10)17-2/h3-8H,1-2H3,(H,14,15). The van der Waals surface area contributed by atoms with Gasteiger partial charge in [0.2, 0.25) is 0 Å². The highest BCUT2D eigenvalue weighted by Crippen LogP contribution is 2.19. The molecule has 1 heterocycles. The summed E-state index contributed by atoms with van der Waals surface area (Å²) in [5.41, 5.74) is 0.774. The maximum atomic E-state index is 11.8. The Bertz CT molecular complexity index is 534. The third kappa shape index (κ3) is 2.91. The van der Waals surface area contributed by atoms with E-state index in [2.05, 4.69) is 5.32 Å². The second-order valence-electron chi connectivity index (χ2n) is 3.60. The van der Waals surface area contributed by atoms with E-state index in [1.54, 1.807) is 23.9 Å². The van der Waals surface area contributed by atoms with Gasteiger partial charge in [0.1, 0.15) is 5.76 Å². The van der Waals surface area contributed by atoms with Crippen LogP contribution in [0.4, 0.5) is 5.69 Å². The Labute approximate surface area is 104 Å². The first-order valence-electron chi connectivity index (χ1n) is 5.21. The highest BCUT2D eigenvalue weighted by molar-refractivity contribution is 7.98. The molecule has 0 aliphatic heterocycles. The van der Waals surface area contributed by atoms with Crippen LogP contribution in [-0.2, 0) is 0 Å². The number of hydrogen-bond acceptors (Lipinski definition) is 3. The van der Waals surface area contributed by atoms with Crippen LogP contribution in [0.15, 0.2) is 45.7 Å². The second-order valence-corrected chi connectivity index (χ2v) is 4.48. The van der Waals surface area contributed by atoms with E-state index in [0.717, 1.165) is 16.3 Å². The van der Waals surface area contributed by atoms with Crippen molar-refractivity contribution in [1.82, 2.24) is 0 Å². The van der Waals surface area contributed by atoms with Crippen molar-refractivity contribution in [3.63, 3.8) is 0 Å². The molecule has 1 aromatic heterocycles. The van der Waals surface area contributed by atoms with E-state index in [9.17, 15) is 4.79 Å². The summed E-state index contributed by atoms with van der Waals surface area (Å²) >= 11 is 1.64. The van der Waals surface area contributed by atoms with Crippen molar-refractivity contribution in [2.45, 2.75) is 11.8 Å². The molecule has 1 N–H and O–H groups in total. The molecule has 0 radical (unpaired) electrons. The molecule has 2 rings (SSSR count). The number of aryl methyl sites for hydroxylation is 1. The number of anilines is 1. The molecule has 0 saturated heterocycles. The van der Waals surface area contributed by atoms with Gasteiger partial charge in [0.05, 0.1) is 0 Å². The van der Waals surface area contributed by atoms with E-state index < -0.39 is 0 Å². The molecule has 3 nitrogen and oxygen atoms in total. The van der Waals surface area contributed by atoms with E-state index in [0.29, 0.717) is 5.76 Å². The molecular formula is C13H13NO2S. The number of amides is 1. The maximum Gasteiger partial charge on any atom is 0.291 e. The van der Waals surface area contributed by atoms with E-state index in [1.165, 1.54) is 0 Å². The third-order valence-electron chi connectivity index (χ3n) is 2.29. The van der Waals surface area contributed by atoms with Gasteiger partial charge in [0, 0.05) is 10.6 Å². The molecule has 0 bridgehead atoms. The molecule has 0 aliphatic rings. The Morgan fingerprint density at radius 3 is 2.76 bits per heavy atom. The lowest BCUT2D eigenvalue weighted by molar-refractivity contribution is 0.0995. The SMILES string of the molecule is CSc1cccc(NC(=O)c2ccc(C)o2)c1. The Kier molecular flexibility index (Phi) is 3.54. The van der Waals surface area contributed by atoms with Crippen LogP contribution in [-0.4, -0.2) is 12.2 Å². The maximum absolute atomic E-state index is 11.8. The second kappa shape index (κ2) is 5.10. The molecule has 1 amide bonds. The number of thioether (sulfide) groups is 1. The Morgan fingerprint density at radius 1 is 1.29 bits per heavy atom. The molecule has 17 heavy (non-hydrogen) atoms. The molecule has 0 atom stereocenters. The fraction of sp³-hybridized carbons (Fsp3) is 0.154. The molecule has 88 valence electrons. The minimum Gasteiger partial charge on any atom is -0.456 e. The first-order valence-corrected chi connectivity index (χ1v) is 6.43. The number of carbonyl (C=O) groups excluding carboxylic acids is 1. The number of nitrogens with one attached hydrogen (secondary N) is 1. The quantitative estimate of drug-likeness (QED) is 0.843. The van der Waals surface area contributed by atoms with Crippen molar-refractivity contribution in [1.29, 1.82) is 0 Å². The summed E-state index contributed by atoms with van der Waals surface area (Å²) in [7, 11) is 0. The Morgan fingerprint density at radius 2 is 2.12 bits per heavy atom. The van der Waals surface area contributed by atoms with Gasteiger partial charge in [-0.25, -0.2) is 0 Å². The van der Waals surface area contributed by atoms with Gasteiger partial charge in [0.25, 0.3) is 5.91 Å². The summed E-state index contributed by atoms with van der Waals surface area (Å²) in [5.74, 6) is 0.835. The fourth-order valence-electron chi connectivity index (χ4n) is 1.45. The average Bonchev–Trinajstić information content (AvgIpc) is 2.76. The van der Waals surface area contributed by atoms with Crippen LogP contribution in [0.2, 0.25) is 0 Å². The first kappa shape index (κ1) is 11.8. The minimum atomic E-state index is -0.226. The zero-order chi connectivity index (χ0) is 12.3. The lowest BCUT2D eigenvalue weighted by atomic mass is 10.3. The average molecular weight is 247 g/mol. The normalized spacial score (nSPS) is 10.2. The molecule has 0 fully saturated rings. The lowest BCUT2D eigenvalue weighted by Crippen LogP contribution is -2.10. The largest absolute Gasteiger partial charge is 0.456 e. The van der Waals surface area contributed by atoms with Crippen LogP contribution in [0.25, 0.3) is 0 Å². The summed E-state index contributed by atoms with van der Waals surface area (Å²) in [5, 5.41) is 2.80. The van der Waals surface area contributed by atoms with Crippen LogP contribution in [0.5, 0.6) is 0 Å². The van der Waals surface area contributed by atoms with Gasteiger partial charge in [-0.1, -0.05) is 6.07 Å². The third-order valence-corrected chi connectivity index (χ3v) is 3.02. The molecular weight excluding hydrogens is 234 g/mol. The van der Waals surface area contributed by atoms with Crippen LogP contribution < -0.4 is 5.32 Å². The number of carbonyl (C=O) groups is 1. The van der Waals surface area contributed by atoms with Crippen molar-refractivity contribution < 1.29 is 9.21 Å². The summed E-state index contributed by atoms with van der Waals surface area (Å²) in [6, 6.07) is 11.1. The first-order chi connectivity index (χ1) is 8.19. The number of furan rings is 1. The zero-order valence-electron chi connectivity index (χ0n) is 9.69. The van der Waals surface area contributed by atoms with Gasteiger partial charge in [-0.2, -0.15) is 0 Å². The van der Waals surface area contributed by atoms with Crippen molar-refractivity contribution in [2.75, 3.05) is 11.6 Å². The lowest BCUT2D eigenvalue weighted by Gasteiger charge is -2.04. The predicted molar refractivity (Wildman–Crippen MR) is 69.6 cm³/mol. The van der Waals surface area contributed by atoms with Gasteiger partial charge in [-0.15, -0.1) is 11.8 Å². The summed E-state index contributed by atoms with van der Waals surface area (Å²) in [6.07, 6.45) is 2.00. The molecule has 0 spiro atoms. The van der Waals surface area contributed by atoms with Crippen LogP contribution in [0, 0.1) is 6.92 Å². The van der Waals surface area contributed by atoms with Crippen LogP contribution >= 0.6 is 11.8 Å². The Balaban J connectivity index is 2.12. The summed E-state index contributed by atoms with van der Waals surface area (Å²) < 4.78 is 5.26. The van der Waals surface area contributed by atoms with Crippen molar-refractivity contribution in [3.05, 3.63) is 47.9 Å².